The Balaban J connectivity index is 1.62. The normalized spacial score (nSPS) is 10.7. The molecular weight excluding hydrogens is 332 g/mol. The number of rotatable bonds is 7. The zero-order valence-corrected chi connectivity index (χ0v) is 14.7. The van der Waals surface area contributed by atoms with E-state index in [2.05, 4.69) is 5.32 Å². The van der Waals surface area contributed by atoms with E-state index in [-0.39, 0.29) is 11.7 Å². The summed E-state index contributed by atoms with van der Waals surface area (Å²) in [5.74, 6) is 0.420. The molecule has 6 nitrogen and oxygen atoms in total. The molecule has 6 heteroatoms. The van der Waals surface area contributed by atoms with Crippen molar-refractivity contribution in [1.29, 1.82) is 0 Å². The number of Topliss-reactive ketones (excluding diaryl/α,β-unsaturated/α-hetero) is 1. The molecule has 0 atom stereocenters. The molecule has 0 radical (unpaired) electrons. The van der Waals surface area contributed by atoms with Gasteiger partial charge in [0.05, 0.1) is 12.9 Å². The summed E-state index contributed by atoms with van der Waals surface area (Å²) in [5, 5.41) is 2.85. The number of nitrogens with zero attached hydrogens (tertiary/aromatic N) is 1. The summed E-state index contributed by atoms with van der Waals surface area (Å²) in [6, 6.07) is 12.7. The molecule has 0 unspecified atom stereocenters. The second-order valence-corrected chi connectivity index (χ2v) is 6.01. The van der Waals surface area contributed by atoms with Crippen molar-refractivity contribution in [3.8, 4) is 0 Å². The van der Waals surface area contributed by atoms with Gasteiger partial charge in [-0.05, 0) is 42.8 Å². The van der Waals surface area contributed by atoms with Crippen LogP contribution in [0.5, 0.6) is 0 Å². The molecule has 0 bridgehead atoms. The maximum absolute atomic E-state index is 12.5. The highest BCUT2D eigenvalue weighted by Gasteiger charge is 2.14. The summed E-state index contributed by atoms with van der Waals surface area (Å²) in [5.41, 5.74) is 2.54. The predicted molar refractivity (Wildman–Crippen MR) is 97.0 cm³/mol. The Hall–Kier alpha value is -3.12. The molecule has 3 aromatic rings. The van der Waals surface area contributed by atoms with Crippen LogP contribution in [0.4, 0.5) is 5.69 Å². The lowest BCUT2D eigenvalue weighted by molar-refractivity contribution is 0.0929. The van der Waals surface area contributed by atoms with Crippen molar-refractivity contribution in [3.05, 3.63) is 77.5 Å². The molecule has 26 heavy (non-hydrogen) atoms. The highest BCUT2D eigenvalue weighted by Crippen LogP contribution is 2.15. The zero-order valence-electron chi connectivity index (χ0n) is 14.7. The van der Waals surface area contributed by atoms with E-state index < -0.39 is 0 Å². The van der Waals surface area contributed by atoms with Gasteiger partial charge < -0.3 is 19.0 Å². The van der Waals surface area contributed by atoms with E-state index in [1.807, 2.05) is 36.4 Å². The third-order valence-corrected chi connectivity index (χ3v) is 3.92. The highest BCUT2D eigenvalue weighted by molar-refractivity contribution is 6.05. The maximum Gasteiger partial charge on any atom is 0.272 e. The molecule has 0 spiro atoms. The van der Waals surface area contributed by atoms with Gasteiger partial charge in [0.1, 0.15) is 18.1 Å². The minimum absolute atomic E-state index is 0.0737. The Labute approximate surface area is 151 Å². The van der Waals surface area contributed by atoms with Gasteiger partial charge >= 0.3 is 0 Å². The van der Waals surface area contributed by atoms with E-state index >= 15 is 0 Å². The van der Waals surface area contributed by atoms with Gasteiger partial charge in [-0.15, -0.1) is 0 Å². The molecule has 0 fully saturated rings. The molecule has 2 aromatic heterocycles. The topological polar surface area (TPSA) is 73.5 Å². The number of ketones is 1. The Bertz CT molecular complexity index is 910. The number of anilines is 1. The average molecular weight is 352 g/mol. The fourth-order valence-corrected chi connectivity index (χ4v) is 2.58. The van der Waals surface area contributed by atoms with Crippen LogP contribution in [0.15, 0.2) is 59.3 Å². The van der Waals surface area contributed by atoms with E-state index in [1.54, 1.807) is 30.1 Å². The smallest absolute Gasteiger partial charge is 0.272 e. The third kappa shape index (κ3) is 4.29. The van der Waals surface area contributed by atoms with Crippen molar-refractivity contribution in [3.63, 3.8) is 0 Å². The molecule has 1 N–H and O–H groups in total. The lowest BCUT2D eigenvalue weighted by Crippen LogP contribution is -2.15. The molecule has 0 aliphatic carbocycles. The minimum atomic E-state index is -0.270. The van der Waals surface area contributed by atoms with Crippen LogP contribution in [0.3, 0.4) is 0 Å². The van der Waals surface area contributed by atoms with E-state index in [0.717, 1.165) is 11.3 Å². The summed E-state index contributed by atoms with van der Waals surface area (Å²) in [4.78, 5) is 23.9. The standard InChI is InChI=1S/C20H20N2O4/c1-14(23)16-10-19(22(2)11-16)20(24)21-17-6-3-5-15(9-17)12-25-13-18-7-4-8-26-18/h3-11H,12-13H2,1-2H3,(H,21,24). The van der Waals surface area contributed by atoms with Gasteiger partial charge in [-0.1, -0.05) is 12.1 Å². The second kappa shape index (κ2) is 7.84. The van der Waals surface area contributed by atoms with Crippen molar-refractivity contribution < 1.29 is 18.7 Å². The van der Waals surface area contributed by atoms with Gasteiger partial charge in [-0.2, -0.15) is 0 Å². The van der Waals surface area contributed by atoms with E-state index in [9.17, 15) is 9.59 Å². The van der Waals surface area contributed by atoms with Gasteiger partial charge in [0.2, 0.25) is 0 Å². The van der Waals surface area contributed by atoms with Crippen molar-refractivity contribution in [1.82, 2.24) is 4.57 Å². The van der Waals surface area contributed by atoms with Crippen molar-refractivity contribution in [2.24, 2.45) is 7.05 Å². The number of benzene rings is 1. The quantitative estimate of drug-likeness (QED) is 0.657. The fraction of sp³-hybridized carbons (Fsp3) is 0.200. The van der Waals surface area contributed by atoms with E-state index in [0.29, 0.717) is 30.2 Å². The number of hydrogen-bond donors (Lipinski definition) is 1. The third-order valence-electron chi connectivity index (χ3n) is 3.92. The monoisotopic (exact) mass is 352 g/mol. The Morgan fingerprint density at radius 1 is 1.15 bits per heavy atom. The number of hydrogen-bond acceptors (Lipinski definition) is 4. The number of nitrogens with one attached hydrogen (secondary N) is 1. The predicted octanol–water partition coefficient (Wildman–Crippen LogP) is 3.79. The summed E-state index contributed by atoms with van der Waals surface area (Å²) < 4.78 is 12.5. The molecule has 1 aromatic carbocycles. The molecule has 0 saturated carbocycles. The number of ether oxygens (including phenoxy) is 1. The molecule has 0 saturated heterocycles. The van der Waals surface area contributed by atoms with E-state index in [4.69, 9.17) is 9.15 Å². The van der Waals surface area contributed by atoms with Crippen LogP contribution >= 0.6 is 0 Å². The summed E-state index contributed by atoms with van der Waals surface area (Å²) in [7, 11) is 1.74. The first-order valence-electron chi connectivity index (χ1n) is 8.20. The van der Waals surface area contributed by atoms with Crippen molar-refractivity contribution >= 4 is 17.4 Å². The zero-order chi connectivity index (χ0) is 18.5. The summed E-state index contributed by atoms with van der Waals surface area (Å²) >= 11 is 0. The highest BCUT2D eigenvalue weighted by atomic mass is 16.5. The average Bonchev–Trinajstić information content (AvgIpc) is 3.25. The molecule has 0 aliphatic heterocycles. The largest absolute Gasteiger partial charge is 0.467 e. The number of carbonyl (C=O) groups is 2. The number of aryl methyl sites for hydroxylation is 1. The number of furan rings is 1. The fourth-order valence-electron chi connectivity index (χ4n) is 2.58. The van der Waals surface area contributed by atoms with Crippen LogP contribution in [-0.4, -0.2) is 16.3 Å². The molecule has 3 rings (SSSR count). The van der Waals surface area contributed by atoms with Crippen LogP contribution in [0, 0.1) is 0 Å². The number of aromatic nitrogens is 1. The van der Waals surface area contributed by atoms with Gasteiger partial charge in [0, 0.05) is 24.5 Å². The molecule has 2 heterocycles. The maximum atomic E-state index is 12.5. The summed E-state index contributed by atoms with van der Waals surface area (Å²) in [6.45, 7) is 2.27. The van der Waals surface area contributed by atoms with Gasteiger partial charge in [-0.25, -0.2) is 0 Å². The Morgan fingerprint density at radius 2 is 2.00 bits per heavy atom. The lowest BCUT2D eigenvalue weighted by atomic mass is 10.2. The molecule has 0 aliphatic rings. The lowest BCUT2D eigenvalue weighted by Gasteiger charge is -2.08. The van der Waals surface area contributed by atoms with Gasteiger partial charge in [0.15, 0.2) is 5.78 Å². The van der Waals surface area contributed by atoms with Crippen molar-refractivity contribution in [2.45, 2.75) is 20.1 Å². The first kappa shape index (κ1) is 17.7. The molecule has 1 amide bonds. The molecule has 134 valence electrons. The summed E-state index contributed by atoms with van der Waals surface area (Å²) in [6.07, 6.45) is 3.26. The number of amides is 1. The Morgan fingerprint density at radius 3 is 2.69 bits per heavy atom. The van der Waals surface area contributed by atoms with Gasteiger partial charge in [0.25, 0.3) is 5.91 Å². The second-order valence-electron chi connectivity index (χ2n) is 6.01. The van der Waals surface area contributed by atoms with Crippen LogP contribution in [0.25, 0.3) is 0 Å². The van der Waals surface area contributed by atoms with Crippen LogP contribution in [-0.2, 0) is 25.0 Å². The van der Waals surface area contributed by atoms with Crippen LogP contribution in [0.1, 0.15) is 39.1 Å². The van der Waals surface area contributed by atoms with Crippen LogP contribution < -0.4 is 5.32 Å². The first-order chi connectivity index (χ1) is 12.5. The molecular formula is C20H20N2O4. The first-order valence-corrected chi connectivity index (χ1v) is 8.20. The Kier molecular flexibility index (Phi) is 5.34. The number of carbonyl (C=O) groups excluding carboxylic acids is 2. The van der Waals surface area contributed by atoms with Crippen LogP contribution in [0.2, 0.25) is 0 Å². The van der Waals surface area contributed by atoms with Gasteiger partial charge in [-0.3, -0.25) is 9.59 Å². The SMILES string of the molecule is CC(=O)c1cc(C(=O)Nc2cccc(COCc3ccco3)c2)n(C)c1. The van der Waals surface area contributed by atoms with Crippen molar-refractivity contribution in [2.75, 3.05) is 5.32 Å². The minimum Gasteiger partial charge on any atom is -0.467 e. The van der Waals surface area contributed by atoms with E-state index in [1.165, 1.54) is 6.92 Å².